The lowest BCUT2D eigenvalue weighted by molar-refractivity contribution is -0.138. The molecule has 5 rings (SSSR count). The van der Waals surface area contributed by atoms with Crippen LogP contribution >= 0.6 is 0 Å². The largest absolute Gasteiger partial charge is 0.438 e. The van der Waals surface area contributed by atoms with Gasteiger partial charge in [0.1, 0.15) is 0 Å². The second-order valence-corrected chi connectivity index (χ2v) is 10.7. The van der Waals surface area contributed by atoms with Gasteiger partial charge in [-0.25, -0.2) is 4.79 Å². The SMILES string of the molecule is Cc1ccc(CN2C(=O)O[C@@H](c3cccc(NC(=O)Cc4ccccc4)c3)[C@@H]2C(=O)N2CCC(C)CC2)cc1. The summed E-state index contributed by atoms with van der Waals surface area (Å²) in [5, 5.41) is 2.95. The first-order valence-corrected chi connectivity index (χ1v) is 13.6. The summed E-state index contributed by atoms with van der Waals surface area (Å²) >= 11 is 0. The quantitative estimate of drug-likeness (QED) is 0.442. The van der Waals surface area contributed by atoms with Crippen LogP contribution in [0.4, 0.5) is 10.5 Å². The summed E-state index contributed by atoms with van der Waals surface area (Å²) in [6.07, 6.45) is 0.850. The molecule has 0 saturated carbocycles. The van der Waals surface area contributed by atoms with Gasteiger partial charge in [-0.15, -0.1) is 0 Å². The van der Waals surface area contributed by atoms with Crippen molar-refractivity contribution in [2.24, 2.45) is 5.92 Å². The molecule has 2 fully saturated rings. The van der Waals surface area contributed by atoms with Gasteiger partial charge in [-0.2, -0.15) is 0 Å². The molecule has 7 heteroatoms. The molecule has 202 valence electrons. The van der Waals surface area contributed by atoms with Crippen LogP contribution in [0, 0.1) is 12.8 Å². The molecule has 3 aromatic carbocycles. The minimum absolute atomic E-state index is 0.0941. The summed E-state index contributed by atoms with van der Waals surface area (Å²) < 4.78 is 5.88. The lowest BCUT2D eigenvalue weighted by atomic mass is 9.96. The highest BCUT2D eigenvalue weighted by Gasteiger charge is 2.48. The number of rotatable bonds is 7. The van der Waals surface area contributed by atoms with Crippen LogP contribution in [0.15, 0.2) is 78.9 Å². The number of piperidine rings is 1. The molecule has 0 aromatic heterocycles. The number of amides is 3. The molecule has 0 spiro atoms. The molecular weight excluding hydrogens is 490 g/mol. The van der Waals surface area contributed by atoms with Crippen molar-refractivity contribution in [1.82, 2.24) is 9.80 Å². The van der Waals surface area contributed by atoms with Crippen LogP contribution in [0.3, 0.4) is 0 Å². The summed E-state index contributed by atoms with van der Waals surface area (Å²) in [6.45, 7) is 5.84. The zero-order valence-corrected chi connectivity index (χ0v) is 22.5. The Morgan fingerprint density at radius 2 is 1.64 bits per heavy atom. The molecule has 2 atom stereocenters. The van der Waals surface area contributed by atoms with Gasteiger partial charge >= 0.3 is 6.09 Å². The number of likely N-dealkylation sites (tertiary alicyclic amines) is 1. The minimum Gasteiger partial charge on any atom is -0.438 e. The average Bonchev–Trinajstić information content (AvgIpc) is 3.26. The lowest BCUT2D eigenvalue weighted by Gasteiger charge is -2.34. The second kappa shape index (κ2) is 11.7. The number of benzene rings is 3. The number of ether oxygens (including phenoxy) is 1. The van der Waals surface area contributed by atoms with Gasteiger partial charge in [0, 0.05) is 18.8 Å². The van der Waals surface area contributed by atoms with E-state index >= 15 is 0 Å². The zero-order valence-electron chi connectivity index (χ0n) is 22.5. The van der Waals surface area contributed by atoms with Crippen LogP contribution in [-0.4, -0.2) is 46.8 Å². The van der Waals surface area contributed by atoms with E-state index in [4.69, 9.17) is 4.74 Å². The number of nitrogens with zero attached hydrogens (tertiary/aromatic N) is 2. The molecule has 0 bridgehead atoms. The summed E-state index contributed by atoms with van der Waals surface area (Å²) in [5.41, 5.74) is 4.26. The number of carbonyl (C=O) groups is 3. The standard InChI is InChI=1S/C32H35N3O4/c1-22-11-13-25(14-12-22)21-35-29(31(37)34-17-15-23(2)16-18-34)30(39-32(35)38)26-9-6-10-27(20-26)33-28(36)19-24-7-4-3-5-8-24/h3-14,20,23,29-30H,15-19,21H2,1-2H3,(H,33,36)/t29-,30+/m1/s1. The van der Waals surface area contributed by atoms with Gasteiger partial charge in [0.25, 0.3) is 0 Å². The minimum atomic E-state index is -0.789. The van der Waals surface area contributed by atoms with E-state index in [1.54, 1.807) is 17.0 Å². The van der Waals surface area contributed by atoms with Crippen molar-refractivity contribution in [3.8, 4) is 0 Å². The zero-order chi connectivity index (χ0) is 27.4. The first-order chi connectivity index (χ1) is 18.9. The summed E-state index contributed by atoms with van der Waals surface area (Å²) in [6, 6.07) is 24.0. The van der Waals surface area contributed by atoms with Crippen molar-refractivity contribution in [2.75, 3.05) is 18.4 Å². The first kappa shape index (κ1) is 26.5. The topological polar surface area (TPSA) is 79.0 Å². The number of aryl methyl sites for hydroxylation is 1. The van der Waals surface area contributed by atoms with E-state index in [0.717, 1.165) is 29.5 Å². The Hall–Kier alpha value is -4.13. The van der Waals surface area contributed by atoms with Gasteiger partial charge in [0.15, 0.2) is 12.1 Å². The Morgan fingerprint density at radius 3 is 2.36 bits per heavy atom. The van der Waals surface area contributed by atoms with Crippen molar-refractivity contribution < 1.29 is 19.1 Å². The molecule has 39 heavy (non-hydrogen) atoms. The third-order valence-corrected chi connectivity index (χ3v) is 7.61. The Bertz CT molecular complexity index is 1320. The number of hydrogen-bond donors (Lipinski definition) is 1. The average molecular weight is 526 g/mol. The molecule has 0 radical (unpaired) electrons. The Kier molecular flexibility index (Phi) is 7.96. The Labute approximate surface area is 229 Å². The van der Waals surface area contributed by atoms with Crippen molar-refractivity contribution in [3.05, 3.63) is 101 Å². The second-order valence-electron chi connectivity index (χ2n) is 10.7. The van der Waals surface area contributed by atoms with Gasteiger partial charge in [-0.05, 0) is 54.5 Å². The number of cyclic esters (lactones) is 1. The van der Waals surface area contributed by atoms with Crippen LogP contribution in [0.1, 0.15) is 48.1 Å². The maximum absolute atomic E-state index is 13.9. The fourth-order valence-electron chi connectivity index (χ4n) is 5.28. The molecule has 2 heterocycles. The van der Waals surface area contributed by atoms with Crippen LogP contribution in [-0.2, 0) is 27.3 Å². The number of carbonyl (C=O) groups excluding carboxylic acids is 3. The van der Waals surface area contributed by atoms with Gasteiger partial charge in [-0.3, -0.25) is 14.5 Å². The highest BCUT2D eigenvalue weighted by molar-refractivity contribution is 5.92. The smallest absolute Gasteiger partial charge is 0.411 e. The van der Waals surface area contributed by atoms with E-state index < -0.39 is 18.2 Å². The van der Waals surface area contributed by atoms with Crippen LogP contribution in [0.25, 0.3) is 0 Å². The van der Waals surface area contributed by atoms with E-state index in [2.05, 4.69) is 12.2 Å². The maximum atomic E-state index is 13.9. The highest BCUT2D eigenvalue weighted by atomic mass is 16.6. The lowest BCUT2D eigenvalue weighted by Crippen LogP contribution is -2.50. The Morgan fingerprint density at radius 1 is 0.923 bits per heavy atom. The molecule has 0 unspecified atom stereocenters. The summed E-state index contributed by atoms with van der Waals surface area (Å²) in [4.78, 5) is 43.3. The van der Waals surface area contributed by atoms with Crippen LogP contribution in [0.5, 0.6) is 0 Å². The normalized spacial score (nSPS) is 19.6. The van der Waals surface area contributed by atoms with Crippen molar-refractivity contribution in [2.45, 2.75) is 51.8 Å². The van der Waals surface area contributed by atoms with Crippen LogP contribution < -0.4 is 5.32 Å². The third-order valence-electron chi connectivity index (χ3n) is 7.61. The molecule has 7 nitrogen and oxygen atoms in total. The fourth-order valence-corrected chi connectivity index (χ4v) is 5.28. The molecule has 2 aliphatic rings. The molecule has 1 N–H and O–H groups in total. The van der Waals surface area contributed by atoms with Gasteiger partial charge in [-0.1, -0.05) is 79.2 Å². The number of nitrogens with one attached hydrogen (secondary N) is 1. The molecule has 2 saturated heterocycles. The van der Waals surface area contributed by atoms with E-state index in [1.165, 1.54) is 0 Å². The van der Waals surface area contributed by atoms with Crippen molar-refractivity contribution in [1.29, 1.82) is 0 Å². The van der Waals surface area contributed by atoms with Crippen molar-refractivity contribution >= 4 is 23.6 Å². The van der Waals surface area contributed by atoms with E-state index in [-0.39, 0.29) is 24.8 Å². The van der Waals surface area contributed by atoms with E-state index in [1.807, 2.05) is 78.6 Å². The molecular formula is C32H35N3O4. The molecule has 3 aromatic rings. The fraction of sp³-hybridized carbons (Fsp3) is 0.344. The van der Waals surface area contributed by atoms with Crippen molar-refractivity contribution in [3.63, 3.8) is 0 Å². The van der Waals surface area contributed by atoms with Crippen LogP contribution in [0.2, 0.25) is 0 Å². The van der Waals surface area contributed by atoms with E-state index in [0.29, 0.717) is 30.3 Å². The molecule has 3 amide bonds. The maximum Gasteiger partial charge on any atom is 0.411 e. The van der Waals surface area contributed by atoms with Gasteiger partial charge in [0.2, 0.25) is 11.8 Å². The predicted octanol–water partition coefficient (Wildman–Crippen LogP) is 5.50. The summed E-state index contributed by atoms with van der Waals surface area (Å²) in [7, 11) is 0. The monoisotopic (exact) mass is 525 g/mol. The predicted molar refractivity (Wildman–Crippen MR) is 150 cm³/mol. The van der Waals surface area contributed by atoms with E-state index in [9.17, 15) is 14.4 Å². The first-order valence-electron chi connectivity index (χ1n) is 13.6. The summed E-state index contributed by atoms with van der Waals surface area (Å²) in [5.74, 6) is 0.340. The highest BCUT2D eigenvalue weighted by Crippen LogP contribution is 2.36. The molecule has 0 aliphatic carbocycles. The number of hydrogen-bond acceptors (Lipinski definition) is 4. The Balaban J connectivity index is 1.39. The number of anilines is 1. The third kappa shape index (κ3) is 6.30. The molecule has 2 aliphatic heterocycles. The van der Waals surface area contributed by atoms with Gasteiger partial charge < -0.3 is 15.0 Å². The van der Waals surface area contributed by atoms with Gasteiger partial charge in [0.05, 0.1) is 13.0 Å².